The molecular weight excluding hydrogens is 183 g/mol. The summed E-state index contributed by atoms with van der Waals surface area (Å²) in [5.41, 5.74) is -0.566. The lowest BCUT2D eigenvalue weighted by Gasteiger charge is -2.00. The van der Waals surface area contributed by atoms with E-state index in [1.54, 1.807) is 0 Å². The summed E-state index contributed by atoms with van der Waals surface area (Å²) < 4.78 is 38.0. The van der Waals surface area contributed by atoms with Crippen molar-refractivity contribution in [2.75, 3.05) is 0 Å². The van der Waals surface area contributed by atoms with Crippen LogP contribution in [0.2, 0.25) is 0 Å². The maximum absolute atomic E-state index is 12.8. The van der Waals surface area contributed by atoms with Gasteiger partial charge in [0, 0.05) is 5.56 Å². The normalized spacial score (nSPS) is 9.46. The first-order valence-corrected chi connectivity index (χ1v) is 3.33. The van der Waals surface area contributed by atoms with Gasteiger partial charge < -0.3 is 0 Å². The van der Waals surface area contributed by atoms with E-state index in [1.165, 1.54) is 0 Å². The van der Waals surface area contributed by atoms with E-state index in [0.717, 1.165) is 12.1 Å². The second-order valence-electron chi connectivity index (χ2n) is 2.23. The third-order valence-corrected chi connectivity index (χ3v) is 1.44. The van der Waals surface area contributed by atoms with E-state index in [9.17, 15) is 18.0 Å². The molecule has 0 N–H and O–H groups in total. The van der Waals surface area contributed by atoms with E-state index in [-0.39, 0.29) is 0 Å². The standard InChI is InChI=1S/C8H4F3NO/c9-6-1-2-7(10)8(11)5(6)3-12-4-13/h1-2H,3H2. The molecule has 0 aromatic heterocycles. The summed E-state index contributed by atoms with van der Waals surface area (Å²) in [6, 6.07) is 1.44. The zero-order valence-corrected chi connectivity index (χ0v) is 6.35. The molecule has 0 unspecified atom stereocenters. The minimum Gasteiger partial charge on any atom is -0.211 e. The van der Waals surface area contributed by atoms with Crippen LogP contribution in [0.1, 0.15) is 5.56 Å². The van der Waals surface area contributed by atoms with Gasteiger partial charge in [0.15, 0.2) is 11.6 Å². The van der Waals surface area contributed by atoms with Gasteiger partial charge in [-0.2, -0.15) is 0 Å². The predicted octanol–water partition coefficient (Wildman–Crippen LogP) is 1.94. The highest BCUT2D eigenvalue weighted by atomic mass is 19.2. The van der Waals surface area contributed by atoms with Gasteiger partial charge in [-0.3, -0.25) is 0 Å². The number of nitrogens with zero attached hydrogens (tertiary/aromatic N) is 1. The van der Waals surface area contributed by atoms with Gasteiger partial charge in [0.1, 0.15) is 5.82 Å². The Labute approximate surface area is 71.7 Å². The van der Waals surface area contributed by atoms with E-state index < -0.39 is 29.6 Å². The second-order valence-corrected chi connectivity index (χ2v) is 2.23. The molecule has 0 amide bonds. The Morgan fingerprint density at radius 3 is 2.46 bits per heavy atom. The van der Waals surface area contributed by atoms with Gasteiger partial charge in [-0.15, -0.1) is 0 Å². The van der Waals surface area contributed by atoms with Gasteiger partial charge in [-0.25, -0.2) is 23.0 Å². The molecule has 0 spiro atoms. The van der Waals surface area contributed by atoms with Gasteiger partial charge in [0.05, 0.1) is 6.54 Å². The third-order valence-electron chi connectivity index (χ3n) is 1.44. The fraction of sp³-hybridized carbons (Fsp3) is 0.125. The van der Waals surface area contributed by atoms with Crippen molar-refractivity contribution in [3.8, 4) is 0 Å². The summed E-state index contributed by atoms with van der Waals surface area (Å²) in [7, 11) is 0. The fourth-order valence-electron chi connectivity index (χ4n) is 0.825. The summed E-state index contributed by atoms with van der Waals surface area (Å²) in [6.45, 7) is -0.543. The minimum absolute atomic E-state index is 0.543. The van der Waals surface area contributed by atoms with Crippen LogP contribution in [0.5, 0.6) is 0 Å². The number of halogens is 3. The monoisotopic (exact) mass is 187 g/mol. The number of hydrogen-bond donors (Lipinski definition) is 0. The van der Waals surface area contributed by atoms with Gasteiger partial charge in [0.2, 0.25) is 6.08 Å². The van der Waals surface area contributed by atoms with Gasteiger partial charge in [-0.05, 0) is 12.1 Å². The molecular formula is C8H4F3NO. The number of carbonyl (C=O) groups excluding carboxylic acids is 1. The molecule has 0 aliphatic rings. The summed E-state index contributed by atoms with van der Waals surface area (Å²) in [5, 5.41) is 0. The van der Waals surface area contributed by atoms with Crippen LogP contribution < -0.4 is 0 Å². The lowest BCUT2D eigenvalue weighted by molar-refractivity contribution is 0.480. The highest BCUT2D eigenvalue weighted by Crippen LogP contribution is 2.16. The van der Waals surface area contributed by atoms with Crippen molar-refractivity contribution in [1.29, 1.82) is 0 Å². The maximum atomic E-state index is 12.8. The molecule has 0 saturated heterocycles. The largest absolute Gasteiger partial charge is 0.235 e. The van der Waals surface area contributed by atoms with E-state index in [4.69, 9.17) is 0 Å². The van der Waals surface area contributed by atoms with E-state index in [0.29, 0.717) is 6.07 Å². The molecule has 5 heteroatoms. The van der Waals surface area contributed by atoms with Crippen LogP contribution in [0, 0.1) is 17.5 Å². The molecule has 0 aliphatic heterocycles. The zero-order valence-electron chi connectivity index (χ0n) is 6.35. The van der Waals surface area contributed by atoms with Crippen molar-refractivity contribution < 1.29 is 18.0 Å². The highest BCUT2D eigenvalue weighted by molar-refractivity contribution is 5.34. The molecule has 0 bridgehead atoms. The lowest BCUT2D eigenvalue weighted by Crippen LogP contribution is -1.97. The van der Waals surface area contributed by atoms with Crippen LogP contribution in [-0.4, -0.2) is 6.08 Å². The Balaban J connectivity index is 3.16. The van der Waals surface area contributed by atoms with Crippen LogP contribution in [0.4, 0.5) is 13.2 Å². The molecule has 0 aliphatic carbocycles. The zero-order chi connectivity index (χ0) is 9.84. The predicted molar refractivity (Wildman–Crippen MR) is 38.1 cm³/mol. The van der Waals surface area contributed by atoms with Crippen molar-refractivity contribution in [2.45, 2.75) is 6.54 Å². The number of hydrogen-bond acceptors (Lipinski definition) is 2. The number of benzene rings is 1. The first kappa shape index (κ1) is 9.48. The Morgan fingerprint density at radius 2 is 1.85 bits per heavy atom. The average Bonchev–Trinajstić information content (AvgIpc) is 2.12. The fourth-order valence-corrected chi connectivity index (χ4v) is 0.825. The maximum Gasteiger partial charge on any atom is 0.235 e. The Bertz CT molecular complexity index is 372. The molecule has 13 heavy (non-hydrogen) atoms. The molecule has 0 heterocycles. The number of rotatable bonds is 2. The molecule has 0 radical (unpaired) electrons. The molecule has 2 nitrogen and oxygen atoms in total. The van der Waals surface area contributed by atoms with Crippen molar-refractivity contribution >= 4 is 6.08 Å². The van der Waals surface area contributed by atoms with Crippen LogP contribution >= 0.6 is 0 Å². The SMILES string of the molecule is O=C=NCc1c(F)ccc(F)c1F. The quantitative estimate of drug-likeness (QED) is 0.395. The smallest absolute Gasteiger partial charge is 0.211 e. The van der Waals surface area contributed by atoms with Crippen molar-refractivity contribution in [3.63, 3.8) is 0 Å². The molecule has 1 aromatic carbocycles. The number of isocyanates is 1. The first-order chi connectivity index (χ1) is 6.16. The molecule has 68 valence electrons. The molecule has 1 aromatic rings. The second kappa shape index (κ2) is 3.87. The third kappa shape index (κ3) is 1.95. The lowest BCUT2D eigenvalue weighted by atomic mass is 10.2. The van der Waals surface area contributed by atoms with Gasteiger partial charge in [-0.1, -0.05) is 0 Å². The molecule has 0 saturated carbocycles. The number of aliphatic imine (C=N–C) groups is 1. The van der Waals surface area contributed by atoms with Crippen LogP contribution in [0.25, 0.3) is 0 Å². The van der Waals surface area contributed by atoms with E-state index in [1.807, 2.05) is 0 Å². The molecule has 0 fully saturated rings. The van der Waals surface area contributed by atoms with Crippen molar-refractivity contribution in [2.24, 2.45) is 4.99 Å². The van der Waals surface area contributed by atoms with Gasteiger partial charge >= 0.3 is 0 Å². The van der Waals surface area contributed by atoms with E-state index in [2.05, 4.69) is 4.99 Å². The highest BCUT2D eigenvalue weighted by Gasteiger charge is 2.12. The van der Waals surface area contributed by atoms with Crippen LogP contribution in [0.15, 0.2) is 17.1 Å². The van der Waals surface area contributed by atoms with E-state index >= 15 is 0 Å². The molecule has 1 rings (SSSR count). The van der Waals surface area contributed by atoms with Crippen molar-refractivity contribution in [1.82, 2.24) is 0 Å². The topological polar surface area (TPSA) is 29.4 Å². The summed E-state index contributed by atoms with van der Waals surface area (Å²) in [6.07, 6.45) is 1.11. The summed E-state index contributed by atoms with van der Waals surface area (Å²) in [4.78, 5) is 12.6. The Morgan fingerprint density at radius 1 is 1.23 bits per heavy atom. The van der Waals surface area contributed by atoms with Crippen LogP contribution in [-0.2, 0) is 11.3 Å². The first-order valence-electron chi connectivity index (χ1n) is 3.33. The molecule has 0 atom stereocenters. The average molecular weight is 187 g/mol. The Hall–Kier alpha value is -1.61. The van der Waals surface area contributed by atoms with Crippen molar-refractivity contribution in [3.05, 3.63) is 35.1 Å². The van der Waals surface area contributed by atoms with Gasteiger partial charge in [0.25, 0.3) is 0 Å². The minimum atomic E-state index is -1.32. The Kier molecular flexibility index (Phi) is 2.82. The summed E-state index contributed by atoms with van der Waals surface area (Å²) >= 11 is 0. The van der Waals surface area contributed by atoms with Crippen LogP contribution in [0.3, 0.4) is 0 Å². The summed E-state index contributed by atoms with van der Waals surface area (Å²) in [5.74, 6) is -3.42.